The molecule has 1 amide bonds. The van der Waals surface area contributed by atoms with Crippen LogP contribution >= 0.6 is 23.2 Å². The number of carbonyl (C=O) groups is 2. The number of halogens is 2. The Morgan fingerprint density at radius 1 is 1.33 bits per heavy atom. The van der Waals surface area contributed by atoms with E-state index in [9.17, 15) is 22.8 Å². The van der Waals surface area contributed by atoms with E-state index < -0.39 is 33.2 Å². The third kappa shape index (κ3) is 6.70. The minimum atomic E-state index is -4.39. The zero-order valence-electron chi connectivity index (χ0n) is 17.4. The monoisotopic (exact) mass is 516 g/mol. The van der Waals surface area contributed by atoms with Crippen LogP contribution in [0.5, 0.6) is 0 Å². The second kappa shape index (κ2) is 11.2. The summed E-state index contributed by atoms with van der Waals surface area (Å²) < 4.78 is 28.1. The Balaban J connectivity index is 2.48. The molecule has 1 aromatic carbocycles. The maximum Gasteiger partial charge on any atom is 0.274 e. The third-order valence-electron chi connectivity index (χ3n) is 4.44. The summed E-state index contributed by atoms with van der Waals surface area (Å²) >= 11 is 11.9. The molecule has 2 aromatic rings. The smallest absolute Gasteiger partial charge is 0.274 e. The van der Waals surface area contributed by atoms with Gasteiger partial charge in [0.05, 0.1) is 16.8 Å². The molecule has 6 N–H and O–H groups in total. The first kappa shape index (κ1) is 26.2. The molecule has 0 aliphatic rings. The van der Waals surface area contributed by atoms with Gasteiger partial charge in [0.25, 0.3) is 15.6 Å². The van der Waals surface area contributed by atoms with Crippen molar-refractivity contribution in [1.82, 2.24) is 10.3 Å². The zero-order valence-corrected chi connectivity index (χ0v) is 19.7. The lowest BCUT2D eigenvalue weighted by molar-refractivity contribution is -0.119. The van der Waals surface area contributed by atoms with Crippen LogP contribution in [0, 0.1) is 5.41 Å². The van der Waals surface area contributed by atoms with Crippen LogP contribution < -0.4 is 26.2 Å². The van der Waals surface area contributed by atoms with Gasteiger partial charge in [-0.1, -0.05) is 23.2 Å². The van der Waals surface area contributed by atoms with E-state index in [4.69, 9.17) is 34.3 Å². The van der Waals surface area contributed by atoms with Gasteiger partial charge >= 0.3 is 0 Å². The van der Waals surface area contributed by atoms with Gasteiger partial charge in [0.1, 0.15) is 16.9 Å². The number of aldehydes is 1. The number of pyridine rings is 1. The number of nitrogens with zero attached hydrogens (tertiary/aromatic N) is 1. The summed E-state index contributed by atoms with van der Waals surface area (Å²) in [5.74, 6) is -0.842. The van der Waals surface area contributed by atoms with Crippen molar-refractivity contribution in [3.05, 3.63) is 50.9 Å². The topological polar surface area (TPSA) is 178 Å². The molecule has 1 atom stereocenters. The van der Waals surface area contributed by atoms with Crippen LogP contribution in [0.15, 0.2) is 40.2 Å². The van der Waals surface area contributed by atoms with Crippen LogP contribution in [0.3, 0.4) is 0 Å². The van der Waals surface area contributed by atoms with E-state index in [1.54, 1.807) is 0 Å². The Hall–Kier alpha value is -3.09. The van der Waals surface area contributed by atoms with Gasteiger partial charge in [-0.3, -0.25) is 19.7 Å². The van der Waals surface area contributed by atoms with Gasteiger partial charge in [0.15, 0.2) is 5.96 Å². The average molecular weight is 517 g/mol. The number of hydrogen-bond donors (Lipinski definition) is 5. The second-order valence-corrected chi connectivity index (χ2v) is 9.32. The molecule has 0 aliphatic carbocycles. The molecule has 33 heavy (non-hydrogen) atoms. The number of anilines is 2. The number of nitrogens with one attached hydrogen (secondary N) is 4. The largest absolute Gasteiger partial charge is 0.370 e. The van der Waals surface area contributed by atoms with E-state index in [1.165, 1.54) is 31.3 Å². The highest BCUT2D eigenvalue weighted by atomic mass is 35.5. The molecule has 1 aromatic heterocycles. The first-order valence-electron chi connectivity index (χ1n) is 9.50. The summed E-state index contributed by atoms with van der Waals surface area (Å²) in [5.41, 5.74) is 3.78. The van der Waals surface area contributed by atoms with Crippen molar-refractivity contribution in [2.45, 2.75) is 30.7 Å². The van der Waals surface area contributed by atoms with Gasteiger partial charge in [0.2, 0.25) is 5.91 Å². The summed E-state index contributed by atoms with van der Waals surface area (Å²) in [5, 5.41) is 9.72. The molecule has 0 bridgehead atoms. The van der Waals surface area contributed by atoms with Gasteiger partial charge in [-0.15, -0.1) is 0 Å². The predicted molar refractivity (Wildman–Crippen MR) is 126 cm³/mol. The van der Waals surface area contributed by atoms with Gasteiger partial charge in [-0.25, -0.2) is 8.42 Å². The molecule has 0 spiro atoms. The number of sulfonamides is 1. The molecule has 178 valence electrons. The van der Waals surface area contributed by atoms with E-state index >= 15 is 0 Å². The average Bonchev–Trinajstić information content (AvgIpc) is 2.73. The van der Waals surface area contributed by atoms with Crippen LogP contribution in [0.4, 0.5) is 11.4 Å². The second-order valence-electron chi connectivity index (χ2n) is 6.82. The molecular formula is C19H22Cl2N6O5S. The number of carbonyl (C=O) groups excluding carboxylic acids is 2. The molecule has 0 fully saturated rings. The van der Waals surface area contributed by atoms with Gasteiger partial charge < -0.3 is 25.7 Å². The van der Waals surface area contributed by atoms with Gasteiger partial charge in [0, 0.05) is 24.7 Å². The van der Waals surface area contributed by atoms with Crippen LogP contribution in [-0.4, -0.2) is 44.1 Å². The van der Waals surface area contributed by atoms with E-state index in [-0.39, 0.29) is 39.6 Å². The number of benzene rings is 1. The van der Waals surface area contributed by atoms with Gasteiger partial charge in [-0.2, -0.15) is 0 Å². The maximum atomic E-state index is 13.0. The van der Waals surface area contributed by atoms with Crippen LogP contribution in [-0.2, 0) is 19.6 Å². The molecule has 2 rings (SSSR count). The fourth-order valence-electron chi connectivity index (χ4n) is 3.01. The highest BCUT2D eigenvalue weighted by Crippen LogP contribution is 2.30. The Morgan fingerprint density at radius 3 is 2.64 bits per heavy atom. The molecule has 0 saturated heterocycles. The maximum absolute atomic E-state index is 13.0. The Bertz CT molecular complexity index is 1220. The van der Waals surface area contributed by atoms with E-state index in [1.807, 2.05) is 0 Å². The lowest BCUT2D eigenvalue weighted by Gasteiger charge is -2.29. The Labute approximate surface area is 199 Å². The Kier molecular flexibility index (Phi) is 8.85. The number of aromatic nitrogens is 1. The van der Waals surface area contributed by atoms with Crippen LogP contribution in [0.2, 0.25) is 10.0 Å². The number of aromatic amines is 1. The molecule has 0 saturated carbocycles. The lowest BCUT2D eigenvalue weighted by Crippen LogP contribution is -2.42. The first-order valence-corrected chi connectivity index (χ1v) is 11.7. The molecule has 0 radical (unpaired) electrons. The lowest BCUT2D eigenvalue weighted by atomic mass is 10.1. The zero-order chi connectivity index (χ0) is 24.8. The molecule has 0 unspecified atom stereocenters. The SMILES string of the molecule is CC(=O)N(c1cc[nH]c(=O)c1NS(=O)(=O)c1cc(Cl)ccc1Cl)[C@H](C=O)CCCNC(=N)N. The van der Waals surface area contributed by atoms with Crippen molar-refractivity contribution in [2.24, 2.45) is 5.73 Å². The van der Waals surface area contributed by atoms with Gasteiger partial charge in [-0.05, 0) is 37.1 Å². The molecular weight excluding hydrogens is 495 g/mol. The van der Waals surface area contributed by atoms with Crippen LogP contribution in [0.1, 0.15) is 19.8 Å². The Morgan fingerprint density at radius 2 is 2.03 bits per heavy atom. The highest BCUT2D eigenvalue weighted by molar-refractivity contribution is 7.92. The summed E-state index contributed by atoms with van der Waals surface area (Å²) in [4.78, 5) is 39.8. The molecule has 11 nitrogen and oxygen atoms in total. The fourth-order valence-corrected chi connectivity index (χ4v) is 4.86. The number of hydrogen-bond acceptors (Lipinski definition) is 6. The van der Waals surface area contributed by atoms with Crippen molar-refractivity contribution in [3.8, 4) is 0 Å². The molecule has 14 heteroatoms. The summed E-state index contributed by atoms with van der Waals surface area (Å²) in [6.07, 6.45) is 2.25. The van der Waals surface area contributed by atoms with Crippen molar-refractivity contribution >= 4 is 62.8 Å². The minimum absolute atomic E-state index is 0.104. The minimum Gasteiger partial charge on any atom is -0.370 e. The number of H-pyrrole nitrogens is 1. The van der Waals surface area contributed by atoms with Crippen molar-refractivity contribution < 1.29 is 18.0 Å². The first-order chi connectivity index (χ1) is 15.5. The van der Waals surface area contributed by atoms with Crippen molar-refractivity contribution in [1.29, 1.82) is 5.41 Å². The molecule has 1 heterocycles. The van der Waals surface area contributed by atoms with Crippen molar-refractivity contribution in [2.75, 3.05) is 16.2 Å². The highest BCUT2D eigenvalue weighted by Gasteiger charge is 2.28. The van der Waals surface area contributed by atoms with E-state index in [0.29, 0.717) is 12.7 Å². The van der Waals surface area contributed by atoms with Crippen molar-refractivity contribution in [3.63, 3.8) is 0 Å². The summed E-state index contributed by atoms with van der Waals surface area (Å²) in [6, 6.07) is 4.08. The predicted octanol–water partition coefficient (Wildman–Crippen LogP) is 1.67. The third-order valence-corrected chi connectivity index (χ3v) is 6.50. The number of amides is 1. The standard InChI is InChI=1S/C19H22Cl2N6O5S/c1-11(29)27(13(10-28)3-2-7-25-19(22)23)15-6-8-24-18(30)17(15)26-33(31,32)16-9-12(20)4-5-14(16)21/h4-6,8-10,13,26H,2-3,7H2,1H3,(H,24,30)(H4,22,23,25)/t13-/m0/s1. The number of nitrogens with two attached hydrogens (primary N) is 1. The van der Waals surface area contributed by atoms with E-state index in [0.717, 1.165) is 11.0 Å². The number of guanidine groups is 1. The summed E-state index contributed by atoms with van der Waals surface area (Å²) in [6.45, 7) is 1.45. The number of rotatable bonds is 10. The summed E-state index contributed by atoms with van der Waals surface area (Å²) in [7, 11) is -4.39. The van der Waals surface area contributed by atoms with E-state index in [2.05, 4.69) is 15.0 Å². The normalized spacial score (nSPS) is 12.0. The quantitative estimate of drug-likeness (QED) is 0.138. The fraction of sp³-hybridized carbons (Fsp3) is 0.263. The molecule has 0 aliphatic heterocycles. The van der Waals surface area contributed by atoms with Crippen LogP contribution in [0.25, 0.3) is 0 Å².